The van der Waals surface area contributed by atoms with Gasteiger partial charge in [-0.15, -0.1) is 12.4 Å². The van der Waals surface area contributed by atoms with Gasteiger partial charge in [-0.1, -0.05) is 18.2 Å². The summed E-state index contributed by atoms with van der Waals surface area (Å²) in [4.78, 5) is 56.4. The van der Waals surface area contributed by atoms with E-state index in [1.54, 1.807) is 23.8 Å². The molecular formula is C27H41ClN6O5. The summed E-state index contributed by atoms with van der Waals surface area (Å²) in [6, 6.07) is 4.81. The number of fused-ring (bicyclic) bond motifs is 2. The maximum absolute atomic E-state index is 14.0. The fraction of sp³-hybridized carbons (Fsp3) is 0.630. The molecule has 4 rings (SSSR count). The summed E-state index contributed by atoms with van der Waals surface area (Å²) in [5.74, 6) is -0.118. The van der Waals surface area contributed by atoms with Crippen molar-refractivity contribution in [1.82, 2.24) is 31.1 Å². The lowest BCUT2D eigenvalue weighted by molar-refractivity contribution is -0.145. The van der Waals surface area contributed by atoms with Crippen LogP contribution in [-0.2, 0) is 14.4 Å². The Balaban J connectivity index is 0.00000420. The van der Waals surface area contributed by atoms with Crippen LogP contribution in [0.25, 0.3) is 0 Å². The number of amides is 5. The molecule has 2 saturated heterocycles. The van der Waals surface area contributed by atoms with E-state index in [2.05, 4.69) is 21.3 Å². The number of hydrogen-bond acceptors (Lipinski definition) is 6. The first-order chi connectivity index (χ1) is 18.2. The van der Waals surface area contributed by atoms with Crippen LogP contribution in [0.15, 0.2) is 24.3 Å². The minimum atomic E-state index is -0.962. The predicted octanol–water partition coefficient (Wildman–Crippen LogP) is 1.32. The lowest BCUT2D eigenvalue weighted by Crippen LogP contribution is -2.63. The molecule has 5 atom stereocenters. The van der Waals surface area contributed by atoms with Crippen molar-refractivity contribution in [3.8, 4) is 5.75 Å². The van der Waals surface area contributed by atoms with Gasteiger partial charge < -0.3 is 35.8 Å². The minimum Gasteiger partial charge on any atom is -0.493 e. The summed E-state index contributed by atoms with van der Waals surface area (Å²) < 4.78 is 5.73. The Morgan fingerprint density at radius 1 is 1.00 bits per heavy atom. The van der Waals surface area contributed by atoms with Crippen LogP contribution in [0, 0.1) is 0 Å². The summed E-state index contributed by atoms with van der Waals surface area (Å²) in [5.41, 5.74) is 0.929. The Kier molecular flexibility index (Phi) is 10.4. The summed E-state index contributed by atoms with van der Waals surface area (Å²) in [7, 11) is 1.66. The van der Waals surface area contributed by atoms with Gasteiger partial charge >= 0.3 is 6.03 Å². The number of likely N-dealkylation sites (N-methyl/N-ethyl adjacent to an activating group) is 1. The maximum atomic E-state index is 14.0. The summed E-state index contributed by atoms with van der Waals surface area (Å²) in [6.07, 6.45) is 2.39. The first-order valence-corrected chi connectivity index (χ1v) is 13.6. The van der Waals surface area contributed by atoms with Gasteiger partial charge in [-0.05, 0) is 53.1 Å². The quantitative estimate of drug-likeness (QED) is 0.412. The lowest BCUT2D eigenvalue weighted by Gasteiger charge is -2.39. The molecule has 0 unspecified atom stereocenters. The van der Waals surface area contributed by atoms with E-state index < -0.39 is 18.1 Å². The molecular weight excluding hydrogens is 524 g/mol. The standard InChI is InChI=1S/C27H40N6O5.ClH/c1-16(2)29-27(37)32-13-11-18-9-10-22(33(18)26(36)21(15-32)31-24(34)17(3)28-4)25(35)30-20-12-14-38-23-8-6-5-7-19(20)23;/h5-8,16-18,20-22,28H,9-15H2,1-4H3,(H,29,37)(H,30,35)(H,31,34);1H/t17-,18+,20+,21-,22-;/m0./s1. The molecule has 0 aliphatic carbocycles. The van der Waals surface area contributed by atoms with Crippen molar-refractivity contribution in [3.05, 3.63) is 29.8 Å². The van der Waals surface area contributed by atoms with Crippen LogP contribution in [0.2, 0.25) is 0 Å². The van der Waals surface area contributed by atoms with Crippen LogP contribution >= 0.6 is 12.4 Å². The molecule has 0 aromatic heterocycles. The molecule has 3 aliphatic heterocycles. The number of nitrogens with one attached hydrogen (secondary N) is 4. The summed E-state index contributed by atoms with van der Waals surface area (Å²) >= 11 is 0. The fourth-order valence-corrected chi connectivity index (χ4v) is 5.45. The van der Waals surface area contributed by atoms with Crippen LogP contribution in [0.3, 0.4) is 0 Å². The number of benzene rings is 1. The first-order valence-electron chi connectivity index (χ1n) is 13.6. The fourth-order valence-electron chi connectivity index (χ4n) is 5.45. The van der Waals surface area contributed by atoms with Gasteiger partial charge in [0, 0.05) is 30.6 Å². The molecule has 12 heteroatoms. The Hall–Kier alpha value is -3.05. The van der Waals surface area contributed by atoms with E-state index in [9.17, 15) is 19.2 Å². The number of hydrogen-bond donors (Lipinski definition) is 4. The van der Waals surface area contributed by atoms with Gasteiger partial charge in [-0.3, -0.25) is 14.4 Å². The van der Waals surface area contributed by atoms with E-state index in [-0.39, 0.29) is 60.8 Å². The summed E-state index contributed by atoms with van der Waals surface area (Å²) in [5, 5.41) is 11.7. The van der Waals surface area contributed by atoms with Crippen molar-refractivity contribution in [2.75, 3.05) is 26.7 Å². The second kappa shape index (κ2) is 13.3. The summed E-state index contributed by atoms with van der Waals surface area (Å²) in [6.45, 7) is 6.41. The number of nitrogens with zero attached hydrogens (tertiary/aromatic N) is 2. The van der Waals surface area contributed by atoms with Gasteiger partial charge in [0.1, 0.15) is 17.8 Å². The number of rotatable bonds is 6. The molecule has 3 aliphatic rings. The highest BCUT2D eigenvalue weighted by Crippen LogP contribution is 2.33. The average Bonchev–Trinajstić information content (AvgIpc) is 3.31. The molecule has 3 heterocycles. The molecule has 1 aromatic rings. The Labute approximate surface area is 236 Å². The third kappa shape index (κ3) is 6.94. The van der Waals surface area contributed by atoms with Gasteiger partial charge in [-0.2, -0.15) is 0 Å². The molecule has 216 valence electrons. The number of halogens is 1. The van der Waals surface area contributed by atoms with Crippen LogP contribution in [0.4, 0.5) is 4.79 Å². The molecule has 5 amide bonds. The Morgan fingerprint density at radius 2 is 1.74 bits per heavy atom. The lowest BCUT2D eigenvalue weighted by atomic mass is 10.00. The molecule has 2 fully saturated rings. The Morgan fingerprint density at radius 3 is 2.46 bits per heavy atom. The van der Waals surface area contributed by atoms with Crippen LogP contribution in [0.5, 0.6) is 5.75 Å². The molecule has 11 nitrogen and oxygen atoms in total. The second-order valence-electron chi connectivity index (χ2n) is 10.6. The van der Waals surface area contributed by atoms with Crippen LogP contribution < -0.4 is 26.0 Å². The molecule has 39 heavy (non-hydrogen) atoms. The highest BCUT2D eigenvalue weighted by Gasteiger charge is 2.46. The van der Waals surface area contributed by atoms with Gasteiger partial charge in [0.25, 0.3) is 0 Å². The average molecular weight is 565 g/mol. The maximum Gasteiger partial charge on any atom is 0.317 e. The molecule has 0 spiro atoms. The smallest absolute Gasteiger partial charge is 0.317 e. The van der Waals surface area contributed by atoms with Crippen molar-refractivity contribution in [2.24, 2.45) is 0 Å². The van der Waals surface area contributed by atoms with Crippen molar-refractivity contribution < 1.29 is 23.9 Å². The highest BCUT2D eigenvalue weighted by atomic mass is 35.5. The van der Waals surface area contributed by atoms with E-state index in [4.69, 9.17) is 4.74 Å². The Bertz CT molecular complexity index is 1060. The van der Waals surface area contributed by atoms with Gasteiger partial charge in [0.2, 0.25) is 17.7 Å². The number of ether oxygens (including phenoxy) is 1. The van der Waals surface area contributed by atoms with Gasteiger partial charge in [-0.25, -0.2) is 4.79 Å². The van der Waals surface area contributed by atoms with Crippen molar-refractivity contribution in [3.63, 3.8) is 0 Å². The first kappa shape index (κ1) is 30.5. The normalized spacial score (nSPS) is 25.2. The van der Waals surface area contributed by atoms with Crippen molar-refractivity contribution in [2.45, 2.75) is 82.7 Å². The third-order valence-corrected chi connectivity index (χ3v) is 7.61. The van der Waals surface area contributed by atoms with Crippen LogP contribution in [-0.4, -0.2) is 90.5 Å². The highest BCUT2D eigenvalue weighted by molar-refractivity contribution is 5.94. The number of para-hydroxylation sites is 1. The number of carbonyl (C=O) groups is 4. The second-order valence-corrected chi connectivity index (χ2v) is 10.6. The monoisotopic (exact) mass is 564 g/mol. The molecule has 1 aromatic carbocycles. The zero-order chi connectivity index (χ0) is 27.4. The molecule has 0 saturated carbocycles. The van der Waals surface area contributed by atoms with E-state index in [1.807, 2.05) is 38.1 Å². The number of carbonyl (C=O) groups excluding carboxylic acids is 4. The van der Waals surface area contributed by atoms with Gasteiger partial charge in [0.05, 0.1) is 25.2 Å². The zero-order valence-corrected chi connectivity index (χ0v) is 23.9. The SMILES string of the molecule is CN[C@@H](C)C(=O)N[C@H]1CN(C(=O)NC(C)C)CC[C@H]2CC[C@@H](C(=O)N[C@@H]3CCOc4ccccc43)N2C1=O.Cl. The molecule has 0 bridgehead atoms. The van der Waals surface area contributed by atoms with Crippen LogP contribution in [0.1, 0.15) is 58.1 Å². The van der Waals surface area contributed by atoms with Crippen molar-refractivity contribution >= 4 is 36.2 Å². The number of urea groups is 1. The zero-order valence-electron chi connectivity index (χ0n) is 23.1. The third-order valence-electron chi connectivity index (χ3n) is 7.61. The molecule has 0 radical (unpaired) electrons. The van der Waals surface area contributed by atoms with E-state index in [0.717, 1.165) is 11.3 Å². The van der Waals surface area contributed by atoms with Crippen molar-refractivity contribution in [1.29, 1.82) is 0 Å². The van der Waals surface area contributed by atoms with E-state index >= 15 is 0 Å². The topological polar surface area (TPSA) is 132 Å². The van der Waals surface area contributed by atoms with E-state index in [1.165, 1.54) is 0 Å². The largest absolute Gasteiger partial charge is 0.493 e. The minimum absolute atomic E-state index is 0. The van der Waals surface area contributed by atoms with E-state index in [0.29, 0.717) is 38.8 Å². The molecule has 4 N–H and O–H groups in total. The van der Waals surface area contributed by atoms with Gasteiger partial charge in [0.15, 0.2) is 0 Å². The predicted molar refractivity (Wildman–Crippen MR) is 149 cm³/mol.